The molecule has 1 heterocycles. The lowest BCUT2D eigenvalue weighted by Gasteiger charge is -2.15. The quantitative estimate of drug-likeness (QED) is 0.652. The van der Waals surface area contributed by atoms with Gasteiger partial charge in [-0.2, -0.15) is 0 Å². The minimum Gasteiger partial charge on any atom is -0.364 e. The summed E-state index contributed by atoms with van der Waals surface area (Å²) >= 11 is 1.39. The number of hydrogen-bond donors (Lipinski definition) is 1. The molecule has 0 radical (unpaired) electrons. The van der Waals surface area contributed by atoms with Crippen LogP contribution in [0.15, 0.2) is 0 Å². The molecule has 0 fully saturated rings. The molecular weight excluding hydrogens is 224 g/mol. The van der Waals surface area contributed by atoms with Gasteiger partial charge in [0.2, 0.25) is 0 Å². The monoisotopic (exact) mass is 240 g/mol. The van der Waals surface area contributed by atoms with E-state index in [0.29, 0.717) is 0 Å². The second kappa shape index (κ2) is 4.65. The number of aliphatic hydroxyl groups excluding tert-OH is 1. The lowest BCUT2D eigenvalue weighted by atomic mass is 9.91. The Balaban J connectivity index is 2.50. The third-order valence-electron chi connectivity index (χ3n) is 3.02. The van der Waals surface area contributed by atoms with Gasteiger partial charge in [0.15, 0.2) is 12.1 Å². The van der Waals surface area contributed by atoms with Crippen molar-refractivity contribution in [2.24, 2.45) is 0 Å². The van der Waals surface area contributed by atoms with Gasteiger partial charge in [0.1, 0.15) is 0 Å². The molecule has 1 N–H and O–H groups in total. The number of thiophene rings is 1. The number of carbonyl (C=O) groups is 1. The van der Waals surface area contributed by atoms with Crippen LogP contribution in [-0.4, -0.2) is 18.0 Å². The van der Waals surface area contributed by atoms with E-state index in [-0.39, 0.29) is 5.78 Å². The minimum atomic E-state index is -0.884. The van der Waals surface area contributed by atoms with Crippen molar-refractivity contribution in [3.8, 4) is 0 Å². The maximum absolute atomic E-state index is 11.5. The van der Waals surface area contributed by atoms with Gasteiger partial charge in [-0.15, -0.1) is 11.3 Å². The van der Waals surface area contributed by atoms with Crippen molar-refractivity contribution in [2.75, 3.05) is 7.11 Å². The lowest BCUT2D eigenvalue weighted by Crippen LogP contribution is -2.07. The molecule has 0 saturated carbocycles. The molecule has 4 heteroatoms. The van der Waals surface area contributed by atoms with E-state index >= 15 is 0 Å². The Morgan fingerprint density at radius 1 is 1.38 bits per heavy atom. The summed E-state index contributed by atoms with van der Waals surface area (Å²) in [4.78, 5) is 13.2. The zero-order valence-corrected chi connectivity index (χ0v) is 10.4. The van der Waals surface area contributed by atoms with Crippen LogP contribution in [-0.2, 0) is 17.6 Å². The second-order valence-corrected chi connectivity index (χ2v) is 5.16. The highest BCUT2D eigenvalue weighted by atomic mass is 32.1. The number of Topliss-reactive ketones (excluding diaryl/α,β-unsaturated/α-hetero) is 1. The molecule has 0 aliphatic heterocycles. The van der Waals surface area contributed by atoms with Crippen LogP contribution in [0.25, 0.3) is 0 Å². The SMILES string of the molecule is COC(O)c1sc(C(C)=O)c2c1CCCC2. The lowest BCUT2D eigenvalue weighted by molar-refractivity contribution is -0.0749. The van der Waals surface area contributed by atoms with Crippen LogP contribution >= 0.6 is 11.3 Å². The van der Waals surface area contributed by atoms with Gasteiger partial charge in [0.25, 0.3) is 0 Å². The fourth-order valence-corrected chi connectivity index (χ4v) is 3.51. The number of fused-ring (bicyclic) bond motifs is 1. The summed E-state index contributed by atoms with van der Waals surface area (Å²) in [5, 5.41) is 9.76. The molecule has 0 saturated heterocycles. The Kier molecular flexibility index (Phi) is 3.42. The Morgan fingerprint density at radius 3 is 2.56 bits per heavy atom. The van der Waals surface area contributed by atoms with Gasteiger partial charge >= 0.3 is 0 Å². The number of rotatable bonds is 3. The molecular formula is C12H16O3S. The third-order valence-corrected chi connectivity index (χ3v) is 4.42. The summed E-state index contributed by atoms with van der Waals surface area (Å²) in [5.74, 6) is 0.0951. The summed E-state index contributed by atoms with van der Waals surface area (Å²) < 4.78 is 4.95. The molecule has 1 aliphatic carbocycles. The average Bonchev–Trinajstić information content (AvgIpc) is 2.67. The summed E-state index contributed by atoms with van der Waals surface area (Å²) in [7, 11) is 1.48. The Morgan fingerprint density at radius 2 is 2.00 bits per heavy atom. The Hall–Kier alpha value is -0.710. The summed E-state index contributed by atoms with van der Waals surface area (Å²) in [5.41, 5.74) is 2.30. The van der Waals surface area contributed by atoms with Gasteiger partial charge in [0, 0.05) is 7.11 Å². The Bertz CT molecular complexity index is 409. The summed E-state index contributed by atoms with van der Waals surface area (Å²) in [6, 6.07) is 0. The van der Waals surface area contributed by atoms with Crippen molar-refractivity contribution in [2.45, 2.75) is 38.9 Å². The van der Waals surface area contributed by atoms with Crippen LogP contribution < -0.4 is 0 Å². The van der Waals surface area contributed by atoms with E-state index in [2.05, 4.69) is 0 Å². The molecule has 0 amide bonds. The number of ether oxygens (including phenoxy) is 1. The van der Waals surface area contributed by atoms with Crippen LogP contribution in [0.1, 0.15) is 51.7 Å². The fraction of sp³-hybridized carbons (Fsp3) is 0.583. The van der Waals surface area contributed by atoms with Gasteiger partial charge in [-0.1, -0.05) is 0 Å². The van der Waals surface area contributed by atoms with Crippen molar-refractivity contribution < 1.29 is 14.6 Å². The van der Waals surface area contributed by atoms with Crippen LogP contribution in [0.5, 0.6) is 0 Å². The van der Waals surface area contributed by atoms with Crippen molar-refractivity contribution in [3.63, 3.8) is 0 Å². The summed E-state index contributed by atoms with van der Waals surface area (Å²) in [6.07, 6.45) is 3.29. The molecule has 88 valence electrons. The first-order valence-corrected chi connectivity index (χ1v) is 6.33. The smallest absolute Gasteiger partial charge is 0.190 e. The fourth-order valence-electron chi connectivity index (χ4n) is 2.25. The average molecular weight is 240 g/mol. The second-order valence-electron chi connectivity index (χ2n) is 4.10. The topological polar surface area (TPSA) is 46.5 Å². The first-order valence-electron chi connectivity index (χ1n) is 5.51. The molecule has 0 aromatic carbocycles. The molecule has 1 unspecified atom stereocenters. The number of ketones is 1. The maximum Gasteiger partial charge on any atom is 0.190 e. The highest BCUT2D eigenvalue weighted by Crippen LogP contribution is 2.38. The number of methoxy groups -OCH3 is 1. The molecule has 1 aromatic heterocycles. The highest BCUT2D eigenvalue weighted by molar-refractivity contribution is 7.14. The number of aliphatic hydroxyl groups is 1. The molecule has 16 heavy (non-hydrogen) atoms. The predicted octanol–water partition coefficient (Wildman–Crippen LogP) is 2.47. The maximum atomic E-state index is 11.5. The predicted molar refractivity (Wildman–Crippen MR) is 62.9 cm³/mol. The van der Waals surface area contributed by atoms with Gasteiger partial charge in [0.05, 0.1) is 9.75 Å². The number of hydrogen-bond acceptors (Lipinski definition) is 4. The zero-order valence-electron chi connectivity index (χ0n) is 9.58. The molecule has 0 bridgehead atoms. The minimum absolute atomic E-state index is 0.0951. The number of carbonyl (C=O) groups excluding carboxylic acids is 1. The molecule has 3 nitrogen and oxygen atoms in total. The van der Waals surface area contributed by atoms with Gasteiger partial charge in [-0.25, -0.2) is 0 Å². The zero-order chi connectivity index (χ0) is 11.7. The molecule has 2 rings (SSSR count). The highest BCUT2D eigenvalue weighted by Gasteiger charge is 2.26. The summed E-state index contributed by atoms with van der Waals surface area (Å²) in [6.45, 7) is 1.59. The first-order chi connectivity index (χ1) is 7.65. The van der Waals surface area contributed by atoms with E-state index in [9.17, 15) is 9.90 Å². The van der Waals surface area contributed by atoms with E-state index in [1.165, 1.54) is 18.4 Å². The van der Waals surface area contributed by atoms with Crippen molar-refractivity contribution in [1.29, 1.82) is 0 Å². The van der Waals surface area contributed by atoms with E-state index in [0.717, 1.165) is 46.6 Å². The molecule has 1 aromatic rings. The molecule has 0 spiro atoms. The van der Waals surface area contributed by atoms with Crippen LogP contribution in [0.3, 0.4) is 0 Å². The van der Waals surface area contributed by atoms with E-state index in [1.54, 1.807) is 6.92 Å². The van der Waals surface area contributed by atoms with Crippen LogP contribution in [0.4, 0.5) is 0 Å². The van der Waals surface area contributed by atoms with Crippen molar-refractivity contribution in [1.82, 2.24) is 0 Å². The molecule has 1 aliphatic rings. The third kappa shape index (κ3) is 1.93. The van der Waals surface area contributed by atoms with E-state index < -0.39 is 6.29 Å². The van der Waals surface area contributed by atoms with E-state index in [1.807, 2.05) is 0 Å². The van der Waals surface area contributed by atoms with Crippen molar-refractivity contribution in [3.05, 3.63) is 20.9 Å². The van der Waals surface area contributed by atoms with Gasteiger partial charge < -0.3 is 9.84 Å². The van der Waals surface area contributed by atoms with Crippen LogP contribution in [0, 0.1) is 0 Å². The first kappa shape index (κ1) is 11.8. The van der Waals surface area contributed by atoms with Gasteiger partial charge in [-0.05, 0) is 43.7 Å². The normalized spacial score (nSPS) is 16.9. The standard InChI is InChI=1S/C12H16O3S/c1-7(13)10-8-5-3-4-6-9(8)11(16-10)12(14)15-2/h12,14H,3-6H2,1-2H3. The van der Waals surface area contributed by atoms with Gasteiger partial charge in [-0.3, -0.25) is 4.79 Å². The molecule has 1 atom stereocenters. The van der Waals surface area contributed by atoms with Crippen molar-refractivity contribution >= 4 is 17.1 Å². The van der Waals surface area contributed by atoms with Crippen LogP contribution in [0.2, 0.25) is 0 Å². The van der Waals surface area contributed by atoms with E-state index in [4.69, 9.17) is 4.74 Å². The largest absolute Gasteiger partial charge is 0.364 e. The Labute approximate surface area is 99.1 Å².